The highest BCUT2D eigenvalue weighted by Crippen LogP contribution is 2.23. The fourth-order valence-electron chi connectivity index (χ4n) is 1.05. The smallest absolute Gasteiger partial charge is 0.264 e. The molecule has 15 heavy (non-hydrogen) atoms. The zero-order chi connectivity index (χ0) is 11.6. The van der Waals surface area contributed by atoms with Crippen molar-refractivity contribution in [3.05, 3.63) is 10.1 Å². The van der Waals surface area contributed by atoms with Crippen molar-refractivity contribution in [2.24, 2.45) is 4.40 Å². The lowest BCUT2D eigenvalue weighted by molar-refractivity contribution is -0.507. The molecule has 9 heteroatoms. The number of carbonyl (C=O) groups excluding carboxylic acids is 1. The Labute approximate surface area is 97.0 Å². The molecule has 1 atom stereocenters. The van der Waals surface area contributed by atoms with Gasteiger partial charge in [-0.1, -0.05) is 0 Å². The van der Waals surface area contributed by atoms with Crippen molar-refractivity contribution in [1.82, 2.24) is 0 Å². The summed E-state index contributed by atoms with van der Waals surface area (Å²) in [7, 11) is 0. The summed E-state index contributed by atoms with van der Waals surface area (Å²) < 4.78 is 1.25. The molecule has 0 radical (unpaired) electrons. The number of nitro groups is 1. The number of rotatable bonds is 4. The van der Waals surface area contributed by atoms with Crippen LogP contribution in [0.2, 0.25) is 0 Å². The summed E-state index contributed by atoms with van der Waals surface area (Å²) in [6, 6.07) is -1.50. The molecule has 0 saturated carbocycles. The fourth-order valence-corrected chi connectivity index (χ4v) is 2.05. The van der Waals surface area contributed by atoms with Crippen molar-refractivity contribution in [3.8, 4) is 0 Å². The molecule has 1 aliphatic heterocycles. The van der Waals surface area contributed by atoms with Gasteiger partial charge in [-0.25, -0.2) is 4.40 Å². The molecular formula is C6H7BrN2O5S. The molecule has 0 spiro atoms. The van der Waals surface area contributed by atoms with Crippen LogP contribution in [0.1, 0.15) is 6.42 Å². The number of hydrogen-bond donors (Lipinski definition) is 2. The second kappa shape index (κ2) is 4.56. The summed E-state index contributed by atoms with van der Waals surface area (Å²) in [5.74, 6) is -0.385. The van der Waals surface area contributed by atoms with Crippen LogP contribution in [0, 0.1) is 10.1 Å². The van der Waals surface area contributed by atoms with Crippen molar-refractivity contribution < 1.29 is 19.9 Å². The van der Waals surface area contributed by atoms with E-state index < -0.39 is 27.9 Å². The average molecular weight is 299 g/mol. The highest BCUT2D eigenvalue weighted by Gasteiger charge is 2.40. The Balaban J connectivity index is 2.84. The normalized spacial score (nSPS) is 18.9. The average Bonchev–Trinajstić information content (AvgIpc) is 2.45. The largest absolute Gasteiger partial charge is 0.357 e. The van der Waals surface area contributed by atoms with Crippen LogP contribution in [0.4, 0.5) is 0 Å². The van der Waals surface area contributed by atoms with Gasteiger partial charge in [0.25, 0.3) is 6.04 Å². The van der Waals surface area contributed by atoms with Gasteiger partial charge in [0, 0.05) is 4.92 Å². The van der Waals surface area contributed by atoms with Crippen LogP contribution < -0.4 is 0 Å². The number of carbonyl (C=O) groups is 1. The quantitative estimate of drug-likeness (QED) is 0.243. The lowest BCUT2D eigenvalue weighted by Crippen LogP contribution is -2.39. The minimum absolute atomic E-state index is 0.0613. The van der Waals surface area contributed by atoms with Crippen molar-refractivity contribution in [1.29, 1.82) is 0 Å². The van der Waals surface area contributed by atoms with Crippen LogP contribution in [-0.4, -0.2) is 43.1 Å². The molecule has 0 bridgehead atoms. The molecular weight excluding hydrogens is 292 g/mol. The Hall–Kier alpha value is -0.510. The van der Waals surface area contributed by atoms with E-state index in [0.717, 1.165) is 11.9 Å². The number of nitrogens with zero attached hydrogens (tertiary/aromatic N) is 2. The third kappa shape index (κ3) is 3.52. The van der Waals surface area contributed by atoms with Crippen LogP contribution >= 0.6 is 27.9 Å². The van der Waals surface area contributed by atoms with Crippen molar-refractivity contribution in [2.75, 3.05) is 5.75 Å². The summed E-state index contributed by atoms with van der Waals surface area (Å²) in [6.07, 6.45) is -0.634. The van der Waals surface area contributed by atoms with Gasteiger partial charge >= 0.3 is 0 Å². The minimum atomic E-state index is -2.37. The molecule has 2 N–H and O–H groups in total. The van der Waals surface area contributed by atoms with Gasteiger partial charge in [0.05, 0.1) is 12.2 Å². The first kappa shape index (κ1) is 12.6. The van der Waals surface area contributed by atoms with E-state index in [1.807, 2.05) is 0 Å². The van der Waals surface area contributed by atoms with Gasteiger partial charge in [-0.15, -0.1) is 0 Å². The first-order valence-corrected chi connectivity index (χ1v) is 5.55. The molecule has 1 heterocycles. The van der Waals surface area contributed by atoms with E-state index in [0.29, 0.717) is 0 Å². The number of Topliss-reactive ketones (excluding diaryl/α,β-unsaturated/α-hetero) is 1. The second-order valence-electron chi connectivity index (χ2n) is 2.90. The SMILES string of the molecule is O=C1CSN=C1C(CC(O)(O)Br)[N+](=O)[O-]. The molecule has 7 nitrogen and oxygen atoms in total. The highest BCUT2D eigenvalue weighted by atomic mass is 79.9. The van der Waals surface area contributed by atoms with E-state index in [1.54, 1.807) is 0 Å². The summed E-state index contributed by atoms with van der Waals surface area (Å²) in [5.41, 5.74) is -0.225. The Bertz CT molecular complexity index is 326. The van der Waals surface area contributed by atoms with E-state index in [-0.39, 0.29) is 11.5 Å². The summed E-state index contributed by atoms with van der Waals surface area (Å²) in [6.45, 7) is 0. The van der Waals surface area contributed by atoms with E-state index in [1.165, 1.54) is 0 Å². The van der Waals surface area contributed by atoms with Gasteiger partial charge in [-0.2, -0.15) is 0 Å². The molecule has 1 aliphatic rings. The molecule has 0 amide bonds. The van der Waals surface area contributed by atoms with E-state index >= 15 is 0 Å². The van der Waals surface area contributed by atoms with Crippen LogP contribution in [0.3, 0.4) is 0 Å². The van der Waals surface area contributed by atoms with Crippen LogP contribution in [-0.2, 0) is 4.79 Å². The molecule has 0 aromatic heterocycles. The molecule has 1 unspecified atom stereocenters. The standard InChI is InChI=1S/C6H7BrN2O5S/c7-6(11,12)1-3(9(13)14)5-4(10)2-15-8-5/h3,11-12H,1-2H2. The highest BCUT2D eigenvalue weighted by molar-refractivity contribution is 9.09. The number of ketones is 1. The molecule has 0 aromatic rings. The fraction of sp³-hybridized carbons (Fsp3) is 0.667. The summed E-state index contributed by atoms with van der Waals surface area (Å²) >= 11 is 3.37. The van der Waals surface area contributed by atoms with Crippen molar-refractivity contribution >= 4 is 39.4 Å². The summed E-state index contributed by atoms with van der Waals surface area (Å²) in [5, 5.41) is 28.6. The van der Waals surface area contributed by atoms with Gasteiger partial charge in [-0.3, -0.25) is 14.9 Å². The van der Waals surface area contributed by atoms with E-state index in [4.69, 9.17) is 10.2 Å². The Kier molecular flexibility index (Phi) is 3.82. The zero-order valence-electron chi connectivity index (χ0n) is 7.29. The predicted octanol–water partition coefficient (Wildman–Crippen LogP) is -0.273. The van der Waals surface area contributed by atoms with Crippen molar-refractivity contribution in [2.45, 2.75) is 17.2 Å². The van der Waals surface area contributed by atoms with Gasteiger partial charge in [0.2, 0.25) is 4.70 Å². The van der Waals surface area contributed by atoms with Crippen LogP contribution in [0.15, 0.2) is 4.40 Å². The Morgan fingerprint density at radius 1 is 1.73 bits per heavy atom. The molecule has 84 valence electrons. The first-order chi connectivity index (χ1) is 6.81. The number of halogens is 1. The minimum Gasteiger partial charge on any atom is -0.357 e. The topological polar surface area (TPSA) is 113 Å². The molecule has 0 saturated heterocycles. The van der Waals surface area contributed by atoms with E-state index in [9.17, 15) is 14.9 Å². The predicted molar refractivity (Wildman–Crippen MR) is 56.4 cm³/mol. The third-order valence-electron chi connectivity index (χ3n) is 1.67. The maximum atomic E-state index is 11.2. The monoisotopic (exact) mass is 298 g/mol. The van der Waals surface area contributed by atoms with Crippen molar-refractivity contribution in [3.63, 3.8) is 0 Å². The number of alkyl halides is 1. The second-order valence-corrected chi connectivity index (χ2v) is 4.90. The summed E-state index contributed by atoms with van der Waals surface area (Å²) in [4.78, 5) is 21.0. The molecule has 0 aliphatic carbocycles. The first-order valence-electron chi connectivity index (χ1n) is 3.81. The number of hydrogen-bond acceptors (Lipinski definition) is 7. The van der Waals surface area contributed by atoms with E-state index in [2.05, 4.69) is 20.3 Å². The Morgan fingerprint density at radius 3 is 2.67 bits per heavy atom. The number of aliphatic hydroxyl groups is 2. The third-order valence-corrected chi connectivity index (χ3v) is 2.71. The van der Waals surface area contributed by atoms with Gasteiger partial charge < -0.3 is 10.2 Å². The van der Waals surface area contributed by atoms with Crippen LogP contribution in [0.25, 0.3) is 0 Å². The Morgan fingerprint density at radius 2 is 2.33 bits per heavy atom. The van der Waals surface area contributed by atoms with Gasteiger partial charge in [0.15, 0.2) is 11.5 Å². The molecule has 0 fully saturated rings. The molecule has 1 rings (SSSR count). The zero-order valence-corrected chi connectivity index (χ0v) is 9.69. The van der Waals surface area contributed by atoms with Gasteiger partial charge in [-0.05, 0) is 27.9 Å². The van der Waals surface area contributed by atoms with Crippen LogP contribution in [0.5, 0.6) is 0 Å². The van der Waals surface area contributed by atoms with Gasteiger partial charge in [0.1, 0.15) is 0 Å². The molecule has 0 aromatic carbocycles. The lowest BCUT2D eigenvalue weighted by atomic mass is 10.1. The maximum absolute atomic E-state index is 11.2. The lowest BCUT2D eigenvalue weighted by Gasteiger charge is -2.15. The maximum Gasteiger partial charge on any atom is 0.264 e.